The maximum atomic E-state index is 11.5. The van der Waals surface area contributed by atoms with E-state index >= 15 is 0 Å². The number of benzene rings is 1. The summed E-state index contributed by atoms with van der Waals surface area (Å²) < 4.78 is 4.98. The second-order valence-electron chi connectivity index (χ2n) is 2.77. The van der Waals surface area contributed by atoms with Crippen molar-refractivity contribution in [2.45, 2.75) is 6.42 Å². The van der Waals surface area contributed by atoms with Gasteiger partial charge in [0.15, 0.2) is 5.78 Å². The van der Waals surface area contributed by atoms with Gasteiger partial charge in [-0.15, -0.1) is 24.8 Å². The molecule has 0 saturated carbocycles. The minimum atomic E-state index is -0.638. The molecule has 4 nitrogen and oxygen atoms in total. The number of carbonyl (C=O) groups excluding carboxylic acids is 2. The zero-order valence-electron chi connectivity index (χ0n) is 8.64. The van der Waals surface area contributed by atoms with Crippen molar-refractivity contribution in [3.63, 3.8) is 0 Å². The van der Waals surface area contributed by atoms with Gasteiger partial charge in [0.2, 0.25) is 5.91 Å². The first-order valence-corrected chi connectivity index (χ1v) is 4.09. The number of ketones is 1. The van der Waals surface area contributed by atoms with Crippen LogP contribution in [0.4, 0.5) is 0 Å². The Bertz CT molecular complexity index is 369. The van der Waals surface area contributed by atoms with E-state index in [-0.39, 0.29) is 37.0 Å². The monoisotopic (exact) mass is 265 g/mol. The fourth-order valence-corrected chi connectivity index (χ4v) is 1.13. The number of nitrogens with two attached hydrogens (primary N) is 1. The zero-order valence-corrected chi connectivity index (χ0v) is 10.3. The SMILES string of the molecule is COc1ccccc1C(=O)CC(N)=O.Cl.Cl. The third kappa shape index (κ3) is 4.51. The average molecular weight is 266 g/mol. The van der Waals surface area contributed by atoms with Crippen molar-refractivity contribution >= 4 is 36.5 Å². The fourth-order valence-electron chi connectivity index (χ4n) is 1.13. The van der Waals surface area contributed by atoms with E-state index in [0.29, 0.717) is 11.3 Å². The predicted molar refractivity (Wildman–Crippen MR) is 65.6 cm³/mol. The largest absolute Gasteiger partial charge is 0.496 e. The highest BCUT2D eigenvalue weighted by Gasteiger charge is 2.13. The quantitative estimate of drug-likeness (QED) is 0.664. The van der Waals surface area contributed by atoms with Gasteiger partial charge < -0.3 is 10.5 Å². The van der Waals surface area contributed by atoms with Crippen LogP contribution in [0.2, 0.25) is 0 Å². The van der Waals surface area contributed by atoms with E-state index in [4.69, 9.17) is 10.5 Å². The molecule has 90 valence electrons. The number of Topliss-reactive ketones (excluding diaryl/α,β-unsaturated/α-hetero) is 1. The molecule has 0 spiro atoms. The summed E-state index contributed by atoms with van der Waals surface area (Å²) in [7, 11) is 1.47. The first-order valence-electron chi connectivity index (χ1n) is 4.09. The Morgan fingerprint density at radius 1 is 1.25 bits per heavy atom. The minimum Gasteiger partial charge on any atom is -0.496 e. The number of halogens is 2. The third-order valence-corrected chi connectivity index (χ3v) is 1.74. The molecule has 0 aliphatic rings. The lowest BCUT2D eigenvalue weighted by molar-refractivity contribution is -0.117. The lowest BCUT2D eigenvalue weighted by Gasteiger charge is -2.05. The van der Waals surface area contributed by atoms with Gasteiger partial charge in [0, 0.05) is 0 Å². The Morgan fingerprint density at radius 2 is 1.81 bits per heavy atom. The highest BCUT2D eigenvalue weighted by atomic mass is 35.5. The normalized spacial score (nSPS) is 8.31. The van der Waals surface area contributed by atoms with E-state index < -0.39 is 5.91 Å². The van der Waals surface area contributed by atoms with Crippen molar-refractivity contribution in [2.24, 2.45) is 5.73 Å². The van der Waals surface area contributed by atoms with Crippen LogP contribution in [0.5, 0.6) is 5.75 Å². The van der Waals surface area contributed by atoms with Crippen LogP contribution in [0.25, 0.3) is 0 Å². The van der Waals surface area contributed by atoms with Crippen molar-refractivity contribution in [3.05, 3.63) is 29.8 Å². The molecule has 1 aromatic rings. The summed E-state index contributed by atoms with van der Waals surface area (Å²) in [6, 6.07) is 6.72. The minimum absolute atomic E-state index is 0. The number of methoxy groups -OCH3 is 1. The van der Waals surface area contributed by atoms with Crippen molar-refractivity contribution in [1.29, 1.82) is 0 Å². The van der Waals surface area contributed by atoms with Crippen LogP contribution in [-0.2, 0) is 4.79 Å². The molecule has 0 fully saturated rings. The molecule has 1 amide bonds. The molecule has 0 atom stereocenters. The van der Waals surface area contributed by atoms with Crippen molar-refractivity contribution < 1.29 is 14.3 Å². The van der Waals surface area contributed by atoms with Gasteiger partial charge in [0.1, 0.15) is 5.75 Å². The molecule has 0 aromatic heterocycles. The number of hydrogen-bond donors (Lipinski definition) is 1. The van der Waals surface area contributed by atoms with E-state index in [1.54, 1.807) is 24.3 Å². The van der Waals surface area contributed by atoms with Crippen LogP contribution in [-0.4, -0.2) is 18.8 Å². The van der Waals surface area contributed by atoms with Crippen LogP contribution in [0.15, 0.2) is 24.3 Å². The number of hydrogen-bond acceptors (Lipinski definition) is 3. The van der Waals surface area contributed by atoms with Gasteiger partial charge in [-0.3, -0.25) is 9.59 Å². The van der Waals surface area contributed by atoms with Gasteiger partial charge in [-0.05, 0) is 12.1 Å². The van der Waals surface area contributed by atoms with Crippen LogP contribution in [0.1, 0.15) is 16.8 Å². The molecule has 0 aliphatic heterocycles. The molecular weight excluding hydrogens is 253 g/mol. The number of primary amides is 1. The topological polar surface area (TPSA) is 69.4 Å². The summed E-state index contributed by atoms with van der Waals surface area (Å²) in [5.41, 5.74) is 5.30. The van der Waals surface area contributed by atoms with Gasteiger partial charge in [-0.2, -0.15) is 0 Å². The number of amides is 1. The highest BCUT2D eigenvalue weighted by Crippen LogP contribution is 2.18. The average Bonchev–Trinajstić information content (AvgIpc) is 2.16. The second kappa shape index (κ2) is 7.96. The van der Waals surface area contributed by atoms with Gasteiger partial charge in [-0.25, -0.2) is 0 Å². The first-order chi connectivity index (χ1) is 6.65. The molecule has 2 N–H and O–H groups in total. The molecule has 0 aliphatic carbocycles. The molecule has 0 saturated heterocycles. The number of para-hydroxylation sites is 1. The van der Waals surface area contributed by atoms with Crippen LogP contribution in [0.3, 0.4) is 0 Å². The molecule has 16 heavy (non-hydrogen) atoms. The maximum Gasteiger partial charge on any atom is 0.225 e. The lowest BCUT2D eigenvalue weighted by Crippen LogP contribution is -2.16. The molecule has 6 heteroatoms. The summed E-state index contributed by atoms with van der Waals surface area (Å²) in [5, 5.41) is 0. The molecule has 1 aromatic carbocycles. The number of rotatable bonds is 4. The van der Waals surface area contributed by atoms with Gasteiger partial charge >= 0.3 is 0 Å². The lowest BCUT2D eigenvalue weighted by atomic mass is 10.1. The summed E-state index contributed by atoms with van der Waals surface area (Å²) in [5.74, 6) is -0.505. The van der Waals surface area contributed by atoms with Crippen LogP contribution >= 0.6 is 24.8 Å². The fraction of sp³-hybridized carbons (Fsp3) is 0.200. The predicted octanol–water partition coefficient (Wildman–Crippen LogP) is 1.60. The summed E-state index contributed by atoms with van der Waals surface area (Å²) in [4.78, 5) is 22.0. The molecule has 0 bridgehead atoms. The highest BCUT2D eigenvalue weighted by molar-refractivity contribution is 6.08. The van der Waals surface area contributed by atoms with Crippen molar-refractivity contribution in [1.82, 2.24) is 0 Å². The van der Waals surface area contributed by atoms with E-state index in [1.165, 1.54) is 7.11 Å². The van der Waals surface area contributed by atoms with Gasteiger partial charge in [0.25, 0.3) is 0 Å². The van der Waals surface area contributed by atoms with Crippen molar-refractivity contribution in [3.8, 4) is 5.75 Å². The summed E-state index contributed by atoms with van der Waals surface area (Å²) in [6.07, 6.45) is -0.291. The Labute approximate surface area is 106 Å². The van der Waals surface area contributed by atoms with E-state index in [1.807, 2.05) is 0 Å². The number of ether oxygens (including phenoxy) is 1. The molecule has 1 rings (SSSR count). The second-order valence-corrected chi connectivity index (χ2v) is 2.77. The molecule has 0 radical (unpaired) electrons. The zero-order chi connectivity index (χ0) is 10.6. The number of carbonyl (C=O) groups is 2. The molecular formula is C10H13Cl2NO3. The van der Waals surface area contributed by atoms with E-state index in [0.717, 1.165) is 0 Å². The Kier molecular flexibility index (Phi) is 8.53. The van der Waals surface area contributed by atoms with Gasteiger partial charge in [0.05, 0.1) is 19.1 Å². The Morgan fingerprint density at radius 3 is 2.31 bits per heavy atom. The smallest absolute Gasteiger partial charge is 0.225 e. The van der Waals surface area contributed by atoms with Gasteiger partial charge in [-0.1, -0.05) is 12.1 Å². The van der Waals surface area contributed by atoms with Crippen molar-refractivity contribution in [2.75, 3.05) is 7.11 Å². The summed E-state index contributed by atoms with van der Waals surface area (Å²) in [6.45, 7) is 0. The maximum absolute atomic E-state index is 11.5. The van der Waals surface area contributed by atoms with Crippen LogP contribution < -0.4 is 10.5 Å². The summed E-state index contributed by atoms with van der Waals surface area (Å²) >= 11 is 0. The van der Waals surface area contributed by atoms with E-state index in [9.17, 15) is 9.59 Å². The molecule has 0 heterocycles. The molecule has 0 unspecified atom stereocenters. The first kappa shape index (κ1) is 17.1. The van der Waals surface area contributed by atoms with E-state index in [2.05, 4.69) is 0 Å². The Balaban J connectivity index is 0. The van der Waals surface area contributed by atoms with Crippen LogP contribution in [0, 0.1) is 0 Å². The Hall–Kier alpha value is -1.26. The standard InChI is InChI=1S/C10H11NO3.2ClH/c1-14-9-5-3-2-4-7(9)8(12)6-10(11)13;;/h2-5H,6H2,1H3,(H2,11,13);2*1H. The third-order valence-electron chi connectivity index (χ3n) is 1.74.